The van der Waals surface area contributed by atoms with E-state index in [1.807, 2.05) is 0 Å². The van der Waals surface area contributed by atoms with Crippen LogP contribution in [0.4, 0.5) is 22.0 Å². The van der Waals surface area contributed by atoms with Crippen LogP contribution in [0.3, 0.4) is 0 Å². The maximum atomic E-state index is 14.1. The van der Waals surface area contributed by atoms with Gasteiger partial charge in [0.15, 0.2) is 0 Å². The van der Waals surface area contributed by atoms with Gasteiger partial charge in [-0.25, -0.2) is 0 Å². The molecular formula is C14H21F5N2O. The number of allylic oxidation sites excluding steroid dienone is 2. The molecule has 0 rings (SSSR count). The van der Waals surface area contributed by atoms with Crippen LogP contribution in [0.15, 0.2) is 23.6 Å². The van der Waals surface area contributed by atoms with Gasteiger partial charge in [-0.05, 0) is 5.41 Å². The summed E-state index contributed by atoms with van der Waals surface area (Å²) in [5, 5.41) is 18.4. The molecule has 0 aromatic carbocycles. The second-order valence-corrected chi connectivity index (χ2v) is 5.85. The van der Waals surface area contributed by atoms with Crippen molar-refractivity contribution < 1.29 is 27.1 Å². The van der Waals surface area contributed by atoms with Gasteiger partial charge in [0.2, 0.25) is 0 Å². The molecule has 0 saturated heterocycles. The van der Waals surface area contributed by atoms with Crippen LogP contribution >= 0.6 is 0 Å². The minimum absolute atomic E-state index is 0.504. The van der Waals surface area contributed by atoms with Crippen molar-refractivity contribution in [1.82, 2.24) is 5.32 Å². The van der Waals surface area contributed by atoms with Gasteiger partial charge >= 0.3 is 6.18 Å². The Morgan fingerprint density at radius 1 is 1.14 bits per heavy atom. The zero-order valence-corrected chi connectivity index (χ0v) is 13.0. The van der Waals surface area contributed by atoms with Crippen molar-refractivity contribution >= 4 is 5.71 Å². The number of hydrogen-bond acceptors (Lipinski definition) is 3. The van der Waals surface area contributed by atoms with Crippen molar-refractivity contribution in [3.8, 4) is 0 Å². The Kier molecular flexibility index (Phi) is 6.18. The van der Waals surface area contributed by atoms with E-state index in [9.17, 15) is 22.0 Å². The van der Waals surface area contributed by atoms with E-state index in [0.29, 0.717) is 0 Å². The second-order valence-electron chi connectivity index (χ2n) is 5.85. The smallest absolute Gasteiger partial charge is 0.433 e. The van der Waals surface area contributed by atoms with E-state index in [4.69, 9.17) is 10.5 Å². The molecule has 0 amide bonds. The van der Waals surface area contributed by atoms with Crippen LogP contribution in [0.1, 0.15) is 34.1 Å². The fourth-order valence-electron chi connectivity index (χ4n) is 1.78. The lowest BCUT2D eigenvalue weighted by Crippen LogP contribution is -2.40. The number of rotatable bonds is 6. The zero-order chi connectivity index (χ0) is 17.9. The molecule has 0 radical (unpaired) electrons. The van der Waals surface area contributed by atoms with Crippen LogP contribution in [0.2, 0.25) is 0 Å². The minimum Gasteiger partial charge on any atom is -0.511 e. The summed E-state index contributed by atoms with van der Waals surface area (Å²) in [6.07, 6.45) is -5.81. The summed E-state index contributed by atoms with van der Waals surface area (Å²) in [6, 6.07) is 0. The zero-order valence-electron chi connectivity index (χ0n) is 13.0. The van der Waals surface area contributed by atoms with Crippen LogP contribution in [-0.4, -0.2) is 29.5 Å². The first-order valence-electron chi connectivity index (χ1n) is 6.54. The lowest BCUT2D eigenvalue weighted by Gasteiger charge is -2.32. The van der Waals surface area contributed by atoms with Gasteiger partial charge in [0.25, 0.3) is 5.92 Å². The van der Waals surface area contributed by atoms with E-state index in [2.05, 4.69) is 11.9 Å². The molecule has 0 fully saturated rings. The van der Waals surface area contributed by atoms with Crippen molar-refractivity contribution in [2.75, 3.05) is 6.54 Å². The lowest BCUT2D eigenvalue weighted by molar-refractivity contribution is -0.0601. The van der Waals surface area contributed by atoms with E-state index in [0.717, 1.165) is 6.92 Å². The topological polar surface area (TPSA) is 56.1 Å². The molecule has 22 heavy (non-hydrogen) atoms. The normalized spacial score (nSPS) is 14.4. The molecule has 128 valence electrons. The third-order valence-corrected chi connectivity index (χ3v) is 2.81. The highest BCUT2D eigenvalue weighted by Gasteiger charge is 2.46. The molecule has 0 spiro atoms. The lowest BCUT2D eigenvalue weighted by atomic mass is 9.80. The van der Waals surface area contributed by atoms with Gasteiger partial charge in [-0.2, -0.15) is 22.0 Å². The highest BCUT2D eigenvalue weighted by molar-refractivity contribution is 6.03. The van der Waals surface area contributed by atoms with E-state index in [-0.39, 0.29) is 0 Å². The van der Waals surface area contributed by atoms with E-state index < -0.39 is 53.2 Å². The van der Waals surface area contributed by atoms with Gasteiger partial charge < -0.3 is 10.4 Å². The number of halogens is 5. The summed E-state index contributed by atoms with van der Waals surface area (Å²) in [4.78, 5) is 0. The summed E-state index contributed by atoms with van der Waals surface area (Å²) in [5.74, 6) is -4.11. The fraction of sp³-hybridized carbons (Fsp3) is 0.643. The molecule has 0 heterocycles. The number of aliphatic hydroxyl groups excluding tert-OH is 1. The number of nitrogens with one attached hydrogen (secondary N) is 2. The summed E-state index contributed by atoms with van der Waals surface area (Å²) in [6.45, 7) is 7.61. The standard InChI is InChI=1S/C14H21F5N2O/c1-6-13(15,16)11(21-7-8(2)22)9(12(3,4)5)10(20)14(17,18)19/h20-22H,2,6-7H2,1,3-5H3/b11-9+,20-10?. The maximum absolute atomic E-state index is 14.1. The molecule has 0 atom stereocenters. The summed E-state index contributed by atoms with van der Waals surface area (Å²) in [5.41, 5.74) is -5.04. The van der Waals surface area contributed by atoms with Gasteiger partial charge in [0.05, 0.1) is 12.2 Å². The van der Waals surface area contributed by atoms with E-state index in [1.165, 1.54) is 20.8 Å². The van der Waals surface area contributed by atoms with E-state index in [1.54, 1.807) is 0 Å². The van der Waals surface area contributed by atoms with Gasteiger partial charge in [-0.15, -0.1) is 0 Å². The molecule has 0 saturated carbocycles. The monoisotopic (exact) mass is 328 g/mol. The minimum atomic E-state index is -5.06. The molecule has 3 N–H and O–H groups in total. The fourth-order valence-corrected chi connectivity index (χ4v) is 1.78. The molecule has 3 nitrogen and oxygen atoms in total. The third kappa shape index (κ3) is 5.31. The summed E-state index contributed by atoms with van der Waals surface area (Å²) >= 11 is 0. The SMILES string of the molecule is C=C(O)CN/C(=C(\C(=N)C(F)(F)F)C(C)(C)C)C(F)(F)CC. The molecule has 8 heteroatoms. The number of aliphatic hydroxyl groups is 1. The molecule has 0 unspecified atom stereocenters. The summed E-state index contributed by atoms with van der Waals surface area (Å²) in [7, 11) is 0. The molecule has 0 aliphatic rings. The Morgan fingerprint density at radius 2 is 1.59 bits per heavy atom. The first-order chi connectivity index (χ1) is 9.64. The molecule has 0 bridgehead atoms. The predicted octanol–water partition coefficient (Wildman–Crippen LogP) is 4.58. The van der Waals surface area contributed by atoms with Crippen molar-refractivity contribution in [2.24, 2.45) is 5.41 Å². The average molecular weight is 328 g/mol. The molecule has 0 aliphatic carbocycles. The van der Waals surface area contributed by atoms with Crippen LogP contribution in [0, 0.1) is 10.8 Å². The van der Waals surface area contributed by atoms with Crippen molar-refractivity contribution in [2.45, 2.75) is 46.2 Å². The molecule has 0 aromatic rings. The molecular weight excluding hydrogens is 307 g/mol. The maximum Gasteiger partial charge on any atom is 0.433 e. The van der Waals surface area contributed by atoms with Gasteiger partial charge in [-0.3, -0.25) is 5.41 Å². The van der Waals surface area contributed by atoms with Gasteiger partial charge in [-0.1, -0.05) is 34.3 Å². The van der Waals surface area contributed by atoms with Crippen LogP contribution in [0.5, 0.6) is 0 Å². The first kappa shape index (κ1) is 20.4. The Morgan fingerprint density at radius 3 is 1.86 bits per heavy atom. The Labute approximate surface area is 126 Å². The van der Waals surface area contributed by atoms with Crippen molar-refractivity contribution in [1.29, 1.82) is 5.41 Å². The van der Waals surface area contributed by atoms with Crippen molar-refractivity contribution in [3.63, 3.8) is 0 Å². The summed E-state index contributed by atoms with van der Waals surface area (Å²) < 4.78 is 66.8. The Hall–Kier alpha value is -1.60. The number of alkyl halides is 5. The quantitative estimate of drug-likeness (QED) is 0.380. The largest absolute Gasteiger partial charge is 0.511 e. The predicted molar refractivity (Wildman–Crippen MR) is 75.3 cm³/mol. The second kappa shape index (κ2) is 6.66. The average Bonchev–Trinajstić information content (AvgIpc) is 2.30. The highest BCUT2D eigenvalue weighted by atomic mass is 19.4. The van der Waals surface area contributed by atoms with E-state index >= 15 is 0 Å². The van der Waals surface area contributed by atoms with Crippen LogP contribution in [-0.2, 0) is 0 Å². The van der Waals surface area contributed by atoms with Crippen LogP contribution < -0.4 is 5.32 Å². The Balaban J connectivity index is 6.33. The van der Waals surface area contributed by atoms with Crippen molar-refractivity contribution in [3.05, 3.63) is 23.6 Å². The molecule has 0 aromatic heterocycles. The third-order valence-electron chi connectivity index (χ3n) is 2.81. The first-order valence-corrected chi connectivity index (χ1v) is 6.54. The highest BCUT2D eigenvalue weighted by Crippen LogP contribution is 2.39. The Bertz CT molecular complexity index is 473. The number of hydrogen-bond donors (Lipinski definition) is 3. The molecule has 0 aliphatic heterocycles. The van der Waals surface area contributed by atoms with Crippen LogP contribution in [0.25, 0.3) is 0 Å². The van der Waals surface area contributed by atoms with Gasteiger partial charge in [0, 0.05) is 12.0 Å². The van der Waals surface area contributed by atoms with Gasteiger partial charge in [0.1, 0.15) is 11.5 Å².